The van der Waals surface area contributed by atoms with Gasteiger partial charge in [0.25, 0.3) is 0 Å². The van der Waals surface area contributed by atoms with E-state index in [0.29, 0.717) is 44.9 Å². The molecule has 1 fully saturated rings. The number of hydrogen-bond acceptors (Lipinski definition) is 4. The first-order chi connectivity index (χ1) is 15.9. The lowest BCUT2D eigenvalue weighted by Gasteiger charge is -2.31. The Kier molecular flexibility index (Phi) is 9.32. The predicted molar refractivity (Wildman–Crippen MR) is 132 cm³/mol. The van der Waals surface area contributed by atoms with Crippen LogP contribution in [-0.4, -0.2) is 50.6 Å². The minimum atomic E-state index is -3.37. The van der Waals surface area contributed by atoms with Crippen LogP contribution in [0.4, 0.5) is 0 Å². The van der Waals surface area contributed by atoms with E-state index in [2.05, 4.69) is 25.2 Å². The molecule has 1 aliphatic heterocycles. The van der Waals surface area contributed by atoms with Gasteiger partial charge in [0.15, 0.2) is 0 Å². The lowest BCUT2D eigenvalue weighted by molar-refractivity contribution is -0.126. The number of para-hydroxylation sites is 1. The van der Waals surface area contributed by atoms with Crippen molar-refractivity contribution in [3.63, 3.8) is 0 Å². The van der Waals surface area contributed by atoms with Crippen LogP contribution in [0.1, 0.15) is 50.2 Å². The number of ether oxygens (including phenoxy) is 1. The van der Waals surface area contributed by atoms with Crippen molar-refractivity contribution in [2.75, 3.05) is 32.0 Å². The highest BCUT2D eigenvalue weighted by molar-refractivity contribution is 7.89. The van der Waals surface area contributed by atoms with Crippen LogP contribution in [0.3, 0.4) is 0 Å². The molecular formula is C26H36N2O4S. The number of nitrogens with one attached hydrogen (secondary N) is 1. The van der Waals surface area contributed by atoms with E-state index < -0.39 is 10.0 Å². The Labute approximate surface area is 198 Å². The molecule has 1 N–H and O–H groups in total. The number of aryl methyl sites for hydroxylation is 1. The van der Waals surface area contributed by atoms with Crippen LogP contribution in [0.2, 0.25) is 0 Å². The predicted octanol–water partition coefficient (Wildman–Crippen LogP) is 3.98. The second-order valence-corrected chi connectivity index (χ2v) is 11.0. The number of rotatable bonds is 11. The van der Waals surface area contributed by atoms with Crippen molar-refractivity contribution in [3.8, 4) is 5.75 Å². The molecule has 1 saturated heterocycles. The molecule has 2 aromatic rings. The summed E-state index contributed by atoms with van der Waals surface area (Å²) in [5.74, 6) is 0.899. The van der Waals surface area contributed by atoms with Gasteiger partial charge in [-0.1, -0.05) is 62.4 Å². The van der Waals surface area contributed by atoms with E-state index in [1.165, 1.54) is 4.31 Å². The Morgan fingerprint density at radius 2 is 1.85 bits per heavy atom. The fourth-order valence-electron chi connectivity index (χ4n) is 4.21. The molecule has 0 saturated carbocycles. The zero-order chi connectivity index (χ0) is 23.7. The van der Waals surface area contributed by atoms with Crippen molar-refractivity contribution in [1.82, 2.24) is 9.62 Å². The topological polar surface area (TPSA) is 75.7 Å². The van der Waals surface area contributed by atoms with E-state index in [-0.39, 0.29) is 24.1 Å². The summed E-state index contributed by atoms with van der Waals surface area (Å²) >= 11 is 0. The van der Waals surface area contributed by atoms with Gasteiger partial charge in [-0.15, -0.1) is 0 Å². The second kappa shape index (κ2) is 12.2. The Balaban J connectivity index is 1.43. The first-order valence-electron chi connectivity index (χ1n) is 11.9. The van der Waals surface area contributed by atoms with Crippen molar-refractivity contribution in [2.45, 2.75) is 45.4 Å². The third-order valence-electron chi connectivity index (χ3n) is 6.06. The maximum absolute atomic E-state index is 12.8. The molecule has 33 heavy (non-hydrogen) atoms. The highest BCUT2D eigenvalue weighted by Crippen LogP contribution is 2.25. The summed E-state index contributed by atoms with van der Waals surface area (Å²) in [5, 5.41) is 2.92. The summed E-state index contributed by atoms with van der Waals surface area (Å²) in [6.07, 6.45) is 2.72. The van der Waals surface area contributed by atoms with Crippen molar-refractivity contribution in [3.05, 3.63) is 65.7 Å². The van der Waals surface area contributed by atoms with Gasteiger partial charge in [-0.3, -0.25) is 4.79 Å². The number of carbonyl (C=O) groups excluding carboxylic acids is 1. The van der Waals surface area contributed by atoms with Gasteiger partial charge in [-0.25, -0.2) is 12.7 Å². The van der Waals surface area contributed by atoms with Gasteiger partial charge in [-0.2, -0.15) is 0 Å². The van der Waals surface area contributed by atoms with E-state index in [4.69, 9.17) is 4.74 Å². The Morgan fingerprint density at radius 1 is 1.12 bits per heavy atom. The minimum Gasteiger partial charge on any atom is -0.491 e. The summed E-state index contributed by atoms with van der Waals surface area (Å²) in [5.41, 5.74) is 2.28. The average Bonchev–Trinajstić information content (AvgIpc) is 2.82. The monoisotopic (exact) mass is 472 g/mol. The van der Waals surface area contributed by atoms with Crippen LogP contribution in [0.5, 0.6) is 5.75 Å². The van der Waals surface area contributed by atoms with Crippen LogP contribution in [0.15, 0.2) is 54.6 Å². The molecule has 3 rings (SSSR count). The third kappa shape index (κ3) is 7.57. The summed E-state index contributed by atoms with van der Waals surface area (Å²) in [4.78, 5) is 12.7. The number of sulfonamides is 1. The zero-order valence-corrected chi connectivity index (χ0v) is 20.5. The highest BCUT2D eigenvalue weighted by atomic mass is 32.2. The molecule has 0 spiro atoms. The third-order valence-corrected chi connectivity index (χ3v) is 7.98. The maximum atomic E-state index is 12.8. The van der Waals surface area contributed by atoms with Crippen LogP contribution in [0, 0.1) is 5.92 Å². The fourth-order valence-corrected chi connectivity index (χ4v) is 5.79. The van der Waals surface area contributed by atoms with Gasteiger partial charge < -0.3 is 10.1 Å². The normalized spacial score (nSPS) is 17.1. The second-order valence-electron chi connectivity index (χ2n) is 8.93. The van der Waals surface area contributed by atoms with Crippen molar-refractivity contribution < 1.29 is 17.9 Å². The summed E-state index contributed by atoms with van der Waals surface area (Å²) in [6, 6.07) is 17.8. The Hall–Kier alpha value is -2.38. The lowest BCUT2D eigenvalue weighted by atomic mass is 9.99. The molecule has 2 aromatic carbocycles. The van der Waals surface area contributed by atoms with Crippen molar-refractivity contribution in [1.29, 1.82) is 0 Å². The van der Waals surface area contributed by atoms with Gasteiger partial charge in [0.05, 0.1) is 18.2 Å². The number of benzene rings is 2. The molecule has 7 heteroatoms. The van der Waals surface area contributed by atoms with Crippen LogP contribution < -0.4 is 10.1 Å². The molecule has 0 bridgehead atoms. The molecule has 1 atom stereocenters. The highest BCUT2D eigenvalue weighted by Gasteiger charge is 2.31. The van der Waals surface area contributed by atoms with Crippen LogP contribution in [-0.2, 0) is 21.2 Å². The number of nitrogens with zero attached hydrogens (tertiary/aromatic N) is 1. The van der Waals surface area contributed by atoms with Gasteiger partial charge in [0, 0.05) is 13.1 Å². The largest absolute Gasteiger partial charge is 0.491 e. The van der Waals surface area contributed by atoms with Gasteiger partial charge in [0.1, 0.15) is 12.4 Å². The minimum absolute atomic E-state index is 0.0973. The summed E-state index contributed by atoms with van der Waals surface area (Å²) in [6.45, 7) is 5.77. The van der Waals surface area contributed by atoms with E-state index in [1.54, 1.807) is 0 Å². The zero-order valence-electron chi connectivity index (χ0n) is 19.7. The van der Waals surface area contributed by atoms with E-state index >= 15 is 0 Å². The van der Waals surface area contributed by atoms with Gasteiger partial charge in [0.2, 0.25) is 15.9 Å². The first kappa shape index (κ1) is 25.2. The first-order valence-corrected chi connectivity index (χ1v) is 13.5. The average molecular weight is 473 g/mol. The lowest BCUT2D eigenvalue weighted by Crippen LogP contribution is -2.46. The number of piperidine rings is 1. The number of carbonyl (C=O) groups is 1. The molecule has 180 valence electrons. The standard InChI is InChI=1S/C26H36N2O4S/c1-21(2)24-14-6-7-15-25(24)32-18-16-27-26(29)23-13-8-17-28(20-23)33(30,31)19-9-12-22-10-4-3-5-11-22/h3-7,10-11,14-15,21,23H,8-9,12-13,16-20H2,1-2H3,(H,27,29). The van der Waals surface area contributed by atoms with E-state index in [1.807, 2.05) is 48.5 Å². The molecule has 6 nitrogen and oxygen atoms in total. The Morgan fingerprint density at radius 3 is 2.61 bits per heavy atom. The summed E-state index contributed by atoms with van der Waals surface area (Å²) < 4.78 is 33.0. The maximum Gasteiger partial charge on any atom is 0.224 e. The van der Waals surface area contributed by atoms with Gasteiger partial charge >= 0.3 is 0 Å². The quantitative estimate of drug-likeness (QED) is 0.502. The number of hydrogen-bond donors (Lipinski definition) is 1. The molecule has 1 amide bonds. The summed E-state index contributed by atoms with van der Waals surface area (Å²) in [7, 11) is -3.37. The SMILES string of the molecule is CC(C)c1ccccc1OCCNC(=O)C1CCCN(S(=O)(=O)CCCc2ccccc2)C1. The van der Waals surface area contributed by atoms with Crippen molar-refractivity contribution in [2.24, 2.45) is 5.92 Å². The molecule has 0 aromatic heterocycles. The van der Waals surface area contributed by atoms with Crippen LogP contribution >= 0.6 is 0 Å². The van der Waals surface area contributed by atoms with Crippen LogP contribution in [0.25, 0.3) is 0 Å². The molecule has 1 unspecified atom stereocenters. The molecule has 1 aliphatic rings. The number of amides is 1. The molecule has 0 aliphatic carbocycles. The Bertz CT molecular complexity index is 992. The molecule has 0 radical (unpaired) electrons. The molecule has 1 heterocycles. The fraction of sp³-hybridized carbons (Fsp3) is 0.500. The van der Waals surface area contributed by atoms with Gasteiger partial charge in [-0.05, 0) is 48.8 Å². The smallest absolute Gasteiger partial charge is 0.224 e. The van der Waals surface area contributed by atoms with Crippen molar-refractivity contribution >= 4 is 15.9 Å². The molecular weight excluding hydrogens is 436 g/mol. The van der Waals surface area contributed by atoms with E-state index in [9.17, 15) is 13.2 Å². The van der Waals surface area contributed by atoms with E-state index in [0.717, 1.165) is 23.3 Å².